The largest absolute Gasteiger partial charge is 0.497 e. The summed E-state index contributed by atoms with van der Waals surface area (Å²) >= 11 is 0. The van der Waals surface area contributed by atoms with E-state index in [4.69, 9.17) is 4.74 Å². The Morgan fingerprint density at radius 2 is 1.67 bits per heavy atom. The third-order valence-corrected chi connectivity index (χ3v) is 4.10. The van der Waals surface area contributed by atoms with Gasteiger partial charge in [0.1, 0.15) is 12.3 Å². The Balaban J connectivity index is 1.67. The van der Waals surface area contributed by atoms with Crippen LogP contribution in [0.25, 0.3) is 0 Å². The Hall–Kier alpha value is -2.33. The standard InChI is InChI=1S/C17H23F3N4O3/c1-27-14-4-2-13(3-5-14)10-23-6-8-24(9-7-23)11-15(25)22-16(26)21-12-17(18,19)20/h2-5H,6-12H2,1H3,(H2,21,22,25,26). The average molecular weight is 388 g/mol. The van der Waals surface area contributed by atoms with Crippen molar-refractivity contribution in [2.45, 2.75) is 12.7 Å². The van der Waals surface area contributed by atoms with E-state index in [-0.39, 0.29) is 6.54 Å². The first kappa shape index (κ1) is 21.0. The van der Waals surface area contributed by atoms with Gasteiger partial charge in [-0.15, -0.1) is 0 Å². The van der Waals surface area contributed by atoms with Crippen LogP contribution in [0.4, 0.5) is 18.0 Å². The number of ether oxygens (including phenoxy) is 1. The van der Waals surface area contributed by atoms with Crippen molar-refractivity contribution in [2.24, 2.45) is 0 Å². The van der Waals surface area contributed by atoms with Gasteiger partial charge >= 0.3 is 12.2 Å². The Morgan fingerprint density at radius 1 is 1.07 bits per heavy atom. The number of nitrogens with one attached hydrogen (secondary N) is 2. The molecule has 0 bridgehead atoms. The Morgan fingerprint density at radius 3 is 2.22 bits per heavy atom. The molecule has 1 aliphatic rings. The van der Waals surface area contributed by atoms with Gasteiger partial charge in [0.2, 0.25) is 5.91 Å². The SMILES string of the molecule is COc1ccc(CN2CCN(CC(=O)NC(=O)NCC(F)(F)F)CC2)cc1. The first-order valence-corrected chi connectivity index (χ1v) is 8.47. The highest BCUT2D eigenvalue weighted by Crippen LogP contribution is 2.14. The summed E-state index contributed by atoms with van der Waals surface area (Å²) < 4.78 is 41.2. The second-order valence-corrected chi connectivity index (χ2v) is 6.25. The number of imide groups is 1. The molecule has 1 saturated heterocycles. The molecule has 0 radical (unpaired) electrons. The van der Waals surface area contributed by atoms with Gasteiger partial charge in [-0.1, -0.05) is 12.1 Å². The molecule has 2 N–H and O–H groups in total. The lowest BCUT2D eigenvalue weighted by Crippen LogP contribution is -2.51. The molecular formula is C17H23F3N4O3. The van der Waals surface area contributed by atoms with Gasteiger partial charge in [0, 0.05) is 32.7 Å². The van der Waals surface area contributed by atoms with Gasteiger partial charge in [0.05, 0.1) is 13.7 Å². The van der Waals surface area contributed by atoms with E-state index in [1.165, 1.54) is 0 Å². The van der Waals surface area contributed by atoms with Crippen LogP contribution in [0, 0.1) is 0 Å². The molecule has 3 amide bonds. The topological polar surface area (TPSA) is 73.9 Å². The summed E-state index contributed by atoms with van der Waals surface area (Å²) in [4.78, 5) is 27.1. The molecule has 0 saturated carbocycles. The van der Waals surface area contributed by atoms with Crippen LogP contribution in [-0.4, -0.2) is 74.3 Å². The van der Waals surface area contributed by atoms with Crippen molar-refractivity contribution in [3.05, 3.63) is 29.8 Å². The fraction of sp³-hybridized carbons (Fsp3) is 0.529. The van der Waals surface area contributed by atoms with Crippen LogP contribution in [0.1, 0.15) is 5.56 Å². The van der Waals surface area contributed by atoms with Gasteiger partial charge in [0.15, 0.2) is 0 Å². The zero-order valence-electron chi connectivity index (χ0n) is 15.0. The molecule has 0 atom stereocenters. The summed E-state index contributed by atoms with van der Waals surface area (Å²) in [7, 11) is 1.62. The van der Waals surface area contributed by atoms with Crippen LogP contribution < -0.4 is 15.4 Å². The summed E-state index contributed by atoms with van der Waals surface area (Å²) in [6, 6.07) is 6.66. The minimum absolute atomic E-state index is 0.0319. The summed E-state index contributed by atoms with van der Waals surface area (Å²) in [5.41, 5.74) is 1.16. The maximum Gasteiger partial charge on any atom is 0.405 e. The zero-order chi connectivity index (χ0) is 19.9. The summed E-state index contributed by atoms with van der Waals surface area (Å²) in [6.07, 6.45) is -4.51. The van der Waals surface area contributed by atoms with Gasteiger partial charge in [-0.05, 0) is 17.7 Å². The molecule has 1 heterocycles. The van der Waals surface area contributed by atoms with E-state index in [1.54, 1.807) is 12.4 Å². The first-order chi connectivity index (χ1) is 12.7. The number of hydrogen-bond acceptors (Lipinski definition) is 5. The highest BCUT2D eigenvalue weighted by molar-refractivity contribution is 5.95. The van der Waals surface area contributed by atoms with Gasteiger partial charge in [-0.3, -0.25) is 19.9 Å². The molecule has 2 rings (SSSR count). The number of piperazine rings is 1. The van der Waals surface area contributed by atoms with Gasteiger partial charge in [-0.2, -0.15) is 13.2 Å². The minimum Gasteiger partial charge on any atom is -0.497 e. The maximum atomic E-state index is 12.0. The second-order valence-electron chi connectivity index (χ2n) is 6.25. The third-order valence-electron chi connectivity index (χ3n) is 4.10. The number of alkyl halides is 3. The summed E-state index contributed by atoms with van der Waals surface area (Å²) in [5.74, 6) is 0.173. The predicted octanol–water partition coefficient (Wildman–Crippen LogP) is 1.20. The normalized spacial score (nSPS) is 16.0. The number of halogens is 3. The molecule has 10 heteroatoms. The molecule has 0 aromatic heterocycles. The van der Waals surface area contributed by atoms with Crippen molar-refractivity contribution in [3.8, 4) is 5.75 Å². The lowest BCUT2D eigenvalue weighted by atomic mass is 10.2. The van der Waals surface area contributed by atoms with Crippen LogP contribution in [0.3, 0.4) is 0 Å². The number of nitrogens with zero attached hydrogens (tertiary/aromatic N) is 2. The van der Waals surface area contributed by atoms with E-state index in [1.807, 2.05) is 34.5 Å². The number of carbonyl (C=O) groups is 2. The van der Waals surface area contributed by atoms with E-state index in [0.717, 1.165) is 30.9 Å². The quantitative estimate of drug-likeness (QED) is 0.766. The van der Waals surface area contributed by atoms with Crippen molar-refractivity contribution in [1.29, 1.82) is 0 Å². The molecule has 1 aliphatic heterocycles. The molecule has 0 spiro atoms. The molecular weight excluding hydrogens is 365 g/mol. The van der Waals surface area contributed by atoms with Crippen molar-refractivity contribution >= 4 is 11.9 Å². The highest BCUT2D eigenvalue weighted by atomic mass is 19.4. The Bertz CT molecular complexity index is 629. The zero-order valence-corrected chi connectivity index (χ0v) is 15.0. The molecule has 1 aromatic carbocycles. The molecule has 150 valence electrons. The van der Waals surface area contributed by atoms with Crippen molar-refractivity contribution < 1.29 is 27.5 Å². The van der Waals surface area contributed by atoms with E-state index >= 15 is 0 Å². The minimum atomic E-state index is -4.51. The van der Waals surface area contributed by atoms with E-state index < -0.39 is 24.7 Å². The Kier molecular flexibility index (Phi) is 7.43. The molecule has 0 aliphatic carbocycles. The molecule has 7 nitrogen and oxygen atoms in total. The molecule has 27 heavy (non-hydrogen) atoms. The van der Waals surface area contributed by atoms with Crippen molar-refractivity contribution in [1.82, 2.24) is 20.4 Å². The fourth-order valence-corrected chi connectivity index (χ4v) is 2.69. The maximum absolute atomic E-state index is 12.0. The monoisotopic (exact) mass is 388 g/mol. The Labute approximate surface area is 155 Å². The van der Waals surface area contributed by atoms with Crippen LogP contribution in [-0.2, 0) is 11.3 Å². The third kappa shape index (κ3) is 7.83. The molecule has 0 unspecified atom stereocenters. The lowest BCUT2D eigenvalue weighted by Gasteiger charge is -2.34. The second kappa shape index (κ2) is 9.56. The fourth-order valence-electron chi connectivity index (χ4n) is 2.69. The van der Waals surface area contributed by atoms with Crippen LogP contribution >= 0.6 is 0 Å². The molecule has 1 fully saturated rings. The average Bonchev–Trinajstić information content (AvgIpc) is 2.62. The number of methoxy groups -OCH3 is 1. The lowest BCUT2D eigenvalue weighted by molar-refractivity contribution is -0.125. The summed E-state index contributed by atoms with van der Waals surface area (Å²) in [6.45, 7) is 2.04. The molecule has 1 aromatic rings. The number of amides is 3. The number of benzene rings is 1. The van der Waals surface area contributed by atoms with E-state index in [2.05, 4.69) is 4.90 Å². The van der Waals surface area contributed by atoms with Crippen LogP contribution in [0.15, 0.2) is 24.3 Å². The highest BCUT2D eigenvalue weighted by Gasteiger charge is 2.28. The van der Waals surface area contributed by atoms with Crippen LogP contribution in [0.2, 0.25) is 0 Å². The van der Waals surface area contributed by atoms with E-state index in [0.29, 0.717) is 13.1 Å². The van der Waals surface area contributed by atoms with Crippen LogP contribution in [0.5, 0.6) is 5.75 Å². The number of carbonyl (C=O) groups excluding carboxylic acids is 2. The van der Waals surface area contributed by atoms with E-state index in [9.17, 15) is 22.8 Å². The number of hydrogen-bond donors (Lipinski definition) is 2. The first-order valence-electron chi connectivity index (χ1n) is 8.47. The van der Waals surface area contributed by atoms with Crippen molar-refractivity contribution in [3.63, 3.8) is 0 Å². The summed E-state index contributed by atoms with van der Waals surface area (Å²) in [5, 5.41) is 3.51. The van der Waals surface area contributed by atoms with Crippen molar-refractivity contribution in [2.75, 3.05) is 46.4 Å². The predicted molar refractivity (Wildman–Crippen MR) is 92.3 cm³/mol. The number of urea groups is 1. The van der Waals surface area contributed by atoms with Gasteiger partial charge in [-0.25, -0.2) is 4.79 Å². The smallest absolute Gasteiger partial charge is 0.405 e. The van der Waals surface area contributed by atoms with Gasteiger partial charge in [0.25, 0.3) is 0 Å². The number of rotatable bonds is 6. The van der Waals surface area contributed by atoms with Gasteiger partial charge < -0.3 is 10.1 Å².